The third kappa shape index (κ3) is 4.85. The van der Waals surface area contributed by atoms with Crippen LogP contribution >= 0.6 is 39.0 Å². The molecule has 138 valence electrons. The minimum absolute atomic E-state index is 0.0264. The zero-order valence-corrected chi connectivity index (χ0v) is 17.3. The molecule has 0 radical (unpaired) electrons. The molecule has 9 heteroatoms. The normalized spacial score (nSPS) is 19.5. The fraction of sp³-hybridized carbons (Fsp3) is 0.222. The average molecular weight is 463 g/mol. The van der Waals surface area contributed by atoms with Crippen molar-refractivity contribution in [3.8, 4) is 0 Å². The number of aromatic nitrogens is 1. The van der Waals surface area contributed by atoms with Crippen LogP contribution in [0.4, 0.5) is 5.13 Å². The zero-order valence-electron chi connectivity index (χ0n) is 14.1. The molecule has 1 saturated heterocycles. The van der Waals surface area contributed by atoms with Crippen molar-refractivity contribution in [3.63, 3.8) is 0 Å². The summed E-state index contributed by atoms with van der Waals surface area (Å²) in [6, 6.07) is 7.90. The first-order valence-electron chi connectivity index (χ1n) is 8.33. The molecular weight excluding hydrogens is 448 g/mol. The Hall–Kier alpha value is -1.97. The molecule has 2 aliphatic rings. The smallest absolute Gasteiger partial charge is 0.264 e. The van der Waals surface area contributed by atoms with E-state index < -0.39 is 0 Å². The van der Waals surface area contributed by atoms with E-state index in [1.165, 1.54) is 23.1 Å². The topological polar surface area (TPSA) is 83.4 Å². The van der Waals surface area contributed by atoms with Crippen LogP contribution in [0.3, 0.4) is 0 Å². The summed E-state index contributed by atoms with van der Waals surface area (Å²) in [6.45, 7) is 0.493. The molecule has 2 heterocycles. The van der Waals surface area contributed by atoms with Gasteiger partial charge in [-0.1, -0.05) is 39.4 Å². The predicted octanol–water partition coefficient (Wildman–Crippen LogP) is 4.01. The third-order valence-corrected chi connectivity index (χ3v) is 6.22. The van der Waals surface area contributed by atoms with E-state index in [4.69, 9.17) is 0 Å². The largest absolute Gasteiger partial charge is 0.302 e. The van der Waals surface area contributed by atoms with Gasteiger partial charge in [-0.3, -0.25) is 14.6 Å². The molecule has 2 aromatic rings. The summed E-state index contributed by atoms with van der Waals surface area (Å²) in [5, 5.41) is 6.74. The van der Waals surface area contributed by atoms with E-state index in [-0.39, 0.29) is 17.7 Å². The summed E-state index contributed by atoms with van der Waals surface area (Å²) in [5.41, 5.74) is 1.06. The molecule has 6 nitrogen and oxygen atoms in total. The van der Waals surface area contributed by atoms with Crippen molar-refractivity contribution in [2.24, 2.45) is 10.9 Å². The molecule has 2 amide bonds. The van der Waals surface area contributed by atoms with Crippen LogP contribution in [-0.2, 0) is 16.1 Å². The number of rotatable bonds is 5. The van der Waals surface area contributed by atoms with Gasteiger partial charge >= 0.3 is 0 Å². The Labute approximate surface area is 172 Å². The highest BCUT2D eigenvalue weighted by Crippen LogP contribution is 2.32. The van der Waals surface area contributed by atoms with Gasteiger partial charge in [0.1, 0.15) is 0 Å². The Bertz CT molecular complexity index is 966. The van der Waals surface area contributed by atoms with Crippen LogP contribution in [0.5, 0.6) is 0 Å². The van der Waals surface area contributed by atoms with E-state index in [1.54, 1.807) is 12.3 Å². The van der Waals surface area contributed by atoms with Crippen molar-refractivity contribution in [2.45, 2.75) is 19.4 Å². The number of carbonyl (C=O) groups excluding carboxylic acids is 2. The number of carbonyl (C=O) groups is 2. The number of anilines is 1. The van der Waals surface area contributed by atoms with Gasteiger partial charge in [-0.25, -0.2) is 4.98 Å². The van der Waals surface area contributed by atoms with Crippen LogP contribution in [0.15, 0.2) is 44.8 Å². The van der Waals surface area contributed by atoms with Crippen LogP contribution < -0.4 is 10.6 Å². The Morgan fingerprint density at radius 2 is 2.30 bits per heavy atom. The SMILES string of the molecule is O=C1NC(=NCc2cccc(Br)c2)SC1=Cc1cnc(NC(=O)C2CC2)s1. The Balaban J connectivity index is 1.40. The molecule has 2 fully saturated rings. The quantitative estimate of drug-likeness (QED) is 0.657. The van der Waals surface area contributed by atoms with E-state index in [2.05, 4.69) is 36.5 Å². The second-order valence-electron chi connectivity index (χ2n) is 6.15. The first kappa shape index (κ1) is 18.4. The van der Waals surface area contributed by atoms with E-state index in [9.17, 15) is 9.59 Å². The second-order valence-corrected chi connectivity index (χ2v) is 9.16. The van der Waals surface area contributed by atoms with E-state index in [1.807, 2.05) is 24.3 Å². The van der Waals surface area contributed by atoms with Crippen LogP contribution in [0, 0.1) is 5.92 Å². The van der Waals surface area contributed by atoms with Gasteiger partial charge in [0.15, 0.2) is 10.3 Å². The molecule has 1 aliphatic carbocycles. The number of benzene rings is 1. The molecule has 1 aliphatic heterocycles. The number of hydrogen-bond donors (Lipinski definition) is 2. The standard InChI is InChI=1S/C18H15BrN4O2S2/c19-12-3-1-2-10(6-12)8-20-18-23-16(25)14(27-18)7-13-9-21-17(26-13)22-15(24)11-4-5-11/h1-3,6-7,9,11H,4-5,8H2,(H,20,23,25)(H,21,22,24). The summed E-state index contributed by atoms with van der Waals surface area (Å²) in [6.07, 6.45) is 5.33. The number of amides is 2. The highest BCUT2D eigenvalue weighted by molar-refractivity contribution is 9.10. The maximum Gasteiger partial charge on any atom is 0.264 e. The number of thioether (sulfide) groups is 1. The van der Waals surface area contributed by atoms with Gasteiger partial charge in [-0.2, -0.15) is 0 Å². The highest BCUT2D eigenvalue weighted by atomic mass is 79.9. The summed E-state index contributed by atoms with van der Waals surface area (Å²) in [4.78, 5) is 34.0. The van der Waals surface area contributed by atoms with Crippen molar-refractivity contribution in [1.29, 1.82) is 0 Å². The van der Waals surface area contributed by atoms with Crippen LogP contribution in [0.25, 0.3) is 6.08 Å². The second kappa shape index (κ2) is 7.95. The Morgan fingerprint density at radius 3 is 3.07 bits per heavy atom. The molecular formula is C18H15BrN4O2S2. The lowest BCUT2D eigenvalue weighted by Crippen LogP contribution is -2.19. The maximum atomic E-state index is 12.2. The fourth-order valence-corrected chi connectivity index (χ4v) is 4.49. The van der Waals surface area contributed by atoms with Gasteiger partial charge in [-0.15, -0.1) is 0 Å². The summed E-state index contributed by atoms with van der Waals surface area (Å²) < 4.78 is 0.999. The van der Waals surface area contributed by atoms with Crippen molar-refractivity contribution >= 4 is 67.2 Å². The van der Waals surface area contributed by atoms with E-state index >= 15 is 0 Å². The number of amidine groups is 1. The molecule has 0 bridgehead atoms. The molecule has 0 atom stereocenters. The summed E-state index contributed by atoms with van der Waals surface area (Å²) in [5.74, 6) is -0.0145. The minimum atomic E-state index is -0.176. The molecule has 4 rings (SSSR count). The average Bonchev–Trinajstić information content (AvgIpc) is 3.32. The van der Waals surface area contributed by atoms with Crippen molar-refractivity contribution in [2.75, 3.05) is 5.32 Å². The Morgan fingerprint density at radius 1 is 1.44 bits per heavy atom. The predicted molar refractivity (Wildman–Crippen MR) is 112 cm³/mol. The van der Waals surface area contributed by atoms with Crippen LogP contribution in [0.1, 0.15) is 23.3 Å². The molecule has 1 saturated carbocycles. The van der Waals surface area contributed by atoms with Gasteiger partial charge in [0.2, 0.25) is 5.91 Å². The number of aliphatic imine (C=N–C) groups is 1. The molecule has 0 unspecified atom stereocenters. The Kier molecular flexibility index (Phi) is 5.42. The number of thiazole rings is 1. The number of nitrogens with one attached hydrogen (secondary N) is 2. The third-order valence-electron chi connectivity index (χ3n) is 3.92. The maximum absolute atomic E-state index is 12.2. The van der Waals surface area contributed by atoms with Crippen molar-refractivity contribution < 1.29 is 9.59 Å². The van der Waals surface area contributed by atoms with E-state index in [0.29, 0.717) is 21.7 Å². The van der Waals surface area contributed by atoms with Gasteiger partial charge in [-0.05, 0) is 48.4 Å². The lowest BCUT2D eigenvalue weighted by molar-refractivity contribution is -0.117. The monoisotopic (exact) mass is 462 g/mol. The lowest BCUT2D eigenvalue weighted by atomic mass is 10.2. The molecule has 1 aromatic carbocycles. The molecule has 1 aromatic heterocycles. The summed E-state index contributed by atoms with van der Waals surface area (Å²) >= 11 is 6.09. The van der Waals surface area contributed by atoms with Gasteiger partial charge in [0.05, 0.1) is 16.3 Å². The number of nitrogens with zero attached hydrogens (tertiary/aromatic N) is 2. The molecule has 2 N–H and O–H groups in total. The van der Waals surface area contributed by atoms with Crippen LogP contribution in [-0.4, -0.2) is 22.0 Å². The summed E-state index contributed by atoms with van der Waals surface area (Å²) in [7, 11) is 0. The lowest BCUT2D eigenvalue weighted by Gasteiger charge is -1.98. The molecule has 27 heavy (non-hydrogen) atoms. The first-order valence-corrected chi connectivity index (χ1v) is 10.8. The van der Waals surface area contributed by atoms with Gasteiger partial charge in [0, 0.05) is 16.6 Å². The van der Waals surface area contributed by atoms with Crippen LogP contribution in [0.2, 0.25) is 0 Å². The van der Waals surface area contributed by atoms with Gasteiger partial charge < -0.3 is 10.6 Å². The van der Waals surface area contributed by atoms with Gasteiger partial charge in [0.25, 0.3) is 5.91 Å². The van der Waals surface area contributed by atoms with Crippen molar-refractivity contribution in [3.05, 3.63) is 50.3 Å². The highest BCUT2D eigenvalue weighted by Gasteiger charge is 2.30. The number of hydrogen-bond acceptors (Lipinski definition) is 6. The number of halogens is 1. The fourth-order valence-electron chi connectivity index (χ4n) is 2.39. The zero-order chi connectivity index (χ0) is 18.8. The van der Waals surface area contributed by atoms with E-state index in [0.717, 1.165) is 27.8 Å². The first-order chi connectivity index (χ1) is 13.1. The minimum Gasteiger partial charge on any atom is -0.302 e. The van der Waals surface area contributed by atoms with Crippen molar-refractivity contribution in [1.82, 2.24) is 10.3 Å². The molecule has 0 spiro atoms.